The monoisotopic (exact) mass is 359 g/mol. The Morgan fingerprint density at radius 1 is 1.35 bits per heavy atom. The van der Waals surface area contributed by atoms with Gasteiger partial charge in [-0.3, -0.25) is 14.5 Å². The molecule has 0 saturated carbocycles. The molecule has 0 spiro atoms. The number of nitrogens with zero attached hydrogens (tertiary/aromatic N) is 1. The Labute approximate surface area is 155 Å². The van der Waals surface area contributed by atoms with Crippen molar-refractivity contribution in [3.05, 3.63) is 34.9 Å². The van der Waals surface area contributed by atoms with E-state index in [0.717, 1.165) is 44.1 Å². The minimum absolute atomic E-state index is 0.114. The number of likely N-dealkylation sites (N-methyl/N-ethyl adjacent to an activating group) is 2. The zero-order valence-electron chi connectivity index (χ0n) is 15.7. The van der Waals surface area contributed by atoms with E-state index in [4.69, 9.17) is 0 Å². The summed E-state index contributed by atoms with van der Waals surface area (Å²) >= 11 is 0. The summed E-state index contributed by atoms with van der Waals surface area (Å²) in [5.41, 5.74) is 2.84. The van der Waals surface area contributed by atoms with Gasteiger partial charge in [-0.25, -0.2) is 0 Å². The van der Waals surface area contributed by atoms with Crippen LogP contribution in [0.3, 0.4) is 0 Å². The van der Waals surface area contributed by atoms with Crippen LogP contribution < -0.4 is 10.6 Å². The van der Waals surface area contributed by atoms with E-state index in [-0.39, 0.29) is 5.91 Å². The molecule has 1 aromatic carbocycles. The van der Waals surface area contributed by atoms with Crippen molar-refractivity contribution in [1.82, 2.24) is 15.5 Å². The summed E-state index contributed by atoms with van der Waals surface area (Å²) in [5.74, 6) is 0.391. The van der Waals surface area contributed by atoms with Gasteiger partial charge in [-0.15, -0.1) is 0 Å². The summed E-state index contributed by atoms with van der Waals surface area (Å²) in [5, 5.41) is 6.03. The van der Waals surface area contributed by atoms with E-state index in [1.165, 1.54) is 5.56 Å². The zero-order valence-corrected chi connectivity index (χ0v) is 15.7. The lowest BCUT2D eigenvalue weighted by atomic mass is 9.88. The molecule has 1 atom stereocenters. The molecule has 0 bridgehead atoms. The van der Waals surface area contributed by atoms with Crippen LogP contribution in [0.4, 0.5) is 0 Å². The third kappa shape index (κ3) is 5.22. The van der Waals surface area contributed by atoms with Gasteiger partial charge in [0.2, 0.25) is 5.91 Å². The fraction of sp³-hybridized carbons (Fsp3) is 0.550. The maximum atomic E-state index is 12.2. The van der Waals surface area contributed by atoms with Gasteiger partial charge < -0.3 is 15.4 Å². The molecule has 1 saturated heterocycles. The molecule has 0 aromatic heterocycles. The number of carbonyl (C=O) groups excluding carboxylic acids is 3. The fourth-order valence-electron chi connectivity index (χ4n) is 3.61. The summed E-state index contributed by atoms with van der Waals surface area (Å²) < 4.78 is 0. The maximum Gasteiger partial charge on any atom is 0.237 e. The zero-order chi connectivity index (χ0) is 18.9. The molecule has 142 valence electrons. The second-order valence-electron chi connectivity index (χ2n) is 6.89. The van der Waals surface area contributed by atoms with Gasteiger partial charge in [-0.05, 0) is 56.4 Å². The number of carbonyl (C=O) groups is 3. The third-order valence-corrected chi connectivity index (χ3v) is 5.16. The predicted octanol–water partition coefficient (Wildman–Crippen LogP) is 1.49. The number of piperidine rings is 1. The molecule has 0 radical (unpaired) electrons. The standard InChI is InChI=1S/C20H29N3O3/c1-21-20(26)19(4-3-11-24)23(2)13-18-12-16(5-6-17(18)14-25)15-7-9-22-10-8-15/h5-6,11-12,14-15,19,22H,3-4,7-10,13H2,1-2H3,(H,21,26). The van der Waals surface area contributed by atoms with E-state index in [2.05, 4.69) is 16.7 Å². The average Bonchev–Trinajstić information content (AvgIpc) is 2.68. The Bertz CT molecular complexity index is 627. The molecule has 6 heteroatoms. The summed E-state index contributed by atoms with van der Waals surface area (Å²) in [6.07, 6.45) is 4.68. The average molecular weight is 359 g/mol. The van der Waals surface area contributed by atoms with Crippen LogP contribution >= 0.6 is 0 Å². The smallest absolute Gasteiger partial charge is 0.237 e. The minimum Gasteiger partial charge on any atom is -0.358 e. The van der Waals surface area contributed by atoms with E-state index in [0.29, 0.717) is 30.9 Å². The molecule has 2 N–H and O–H groups in total. The normalized spacial score (nSPS) is 16.3. The number of aldehydes is 2. The highest BCUT2D eigenvalue weighted by Gasteiger charge is 2.23. The number of nitrogens with one attached hydrogen (secondary N) is 2. The quantitative estimate of drug-likeness (QED) is 0.653. The summed E-state index contributed by atoms with van der Waals surface area (Å²) in [6, 6.07) is 5.64. The largest absolute Gasteiger partial charge is 0.358 e. The number of hydrogen-bond acceptors (Lipinski definition) is 5. The van der Waals surface area contributed by atoms with Crippen LogP contribution in [-0.4, -0.2) is 56.6 Å². The highest BCUT2D eigenvalue weighted by atomic mass is 16.2. The van der Waals surface area contributed by atoms with Crippen molar-refractivity contribution in [1.29, 1.82) is 0 Å². The van der Waals surface area contributed by atoms with E-state index in [1.807, 2.05) is 24.1 Å². The first-order chi connectivity index (χ1) is 12.6. The van der Waals surface area contributed by atoms with E-state index in [1.54, 1.807) is 7.05 Å². The first-order valence-corrected chi connectivity index (χ1v) is 9.24. The van der Waals surface area contributed by atoms with Crippen LogP contribution in [0.15, 0.2) is 18.2 Å². The second kappa shape index (κ2) is 10.2. The van der Waals surface area contributed by atoms with Crippen molar-refractivity contribution in [2.24, 2.45) is 0 Å². The molecule has 26 heavy (non-hydrogen) atoms. The SMILES string of the molecule is CNC(=O)C(CCC=O)N(C)Cc1cc(C2CCNCC2)ccc1C=O. The number of amides is 1. The second-order valence-corrected chi connectivity index (χ2v) is 6.89. The first kappa shape index (κ1) is 20.3. The van der Waals surface area contributed by atoms with Gasteiger partial charge in [0.25, 0.3) is 0 Å². The first-order valence-electron chi connectivity index (χ1n) is 9.24. The maximum absolute atomic E-state index is 12.2. The molecule has 1 fully saturated rings. The number of rotatable bonds is 9. The van der Waals surface area contributed by atoms with Crippen molar-refractivity contribution >= 4 is 18.5 Å². The number of hydrogen-bond donors (Lipinski definition) is 2. The van der Waals surface area contributed by atoms with Crippen molar-refractivity contribution in [2.45, 2.75) is 44.2 Å². The Morgan fingerprint density at radius 3 is 2.69 bits per heavy atom. The van der Waals surface area contributed by atoms with Crippen LogP contribution in [0.5, 0.6) is 0 Å². The summed E-state index contributed by atoms with van der Waals surface area (Å²) in [4.78, 5) is 36.3. The molecule has 1 amide bonds. The van der Waals surface area contributed by atoms with Gasteiger partial charge in [0, 0.05) is 25.6 Å². The van der Waals surface area contributed by atoms with Crippen molar-refractivity contribution in [3.63, 3.8) is 0 Å². The van der Waals surface area contributed by atoms with Gasteiger partial charge in [-0.1, -0.05) is 18.2 Å². The highest BCUT2D eigenvalue weighted by Crippen LogP contribution is 2.27. The lowest BCUT2D eigenvalue weighted by molar-refractivity contribution is -0.126. The fourth-order valence-corrected chi connectivity index (χ4v) is 3.61. The highest BCUT2D eigenvalue weighted by molar-refractivity contribution is 5.82. The van der Waals surface area contributed by atoms with Gasteiger partial charge in [0.1, 0.15) is 12.6 Å². The van der Waals surface area contributed by atoms with E-state index < -0.39 is 6.04 Å². The van der Waals surface area contributed by atoms with Gasteiger partial charge in [0.15, 0.2) is 0 Å². The van der Waals surface area contributed by atoms with Crippen molar-refractivity contribution in [3.8, 4) is 0 Å². The lowest BCUT2D eigenvalue weighted by Gasteiger charge is -2.28. The van der Waals surface area contributed by atoms with Gasteiger partial charge >= 0.3 is 0 Å². The molecule has 2 rings (SSSR count). The lowest BCUT2D eigenvalue weighted by Crippen LogP contribution is -2.43. The topological polar surface area (TPSA) is 78.5 Å². The molecule has 1 aliphatic heterocycles. The summed E-state index contributed by atoms with van der Waals surface area (Å²) in [6.45, 7) is 2.52. The van der Waals surface area contributed by atoms with Gasteiger partial charge in [-0.2, -0.15) is 0 Å². The Kier molecular flexibility index (Phi) is 7.94. The summed E-state index contributed by atoms with van der Waals surface area (Å²) in [7, 11) is 3.45. The Morgan fingerprint density at radius 2 is 2.08 bits per heavy atom. The molecule has 1 unspecified atom stereocenters. The van der Waals surface area contributed by atoms with Crippen LogP contribution in [0.1, 0.15) is 53.1 Å². The van der Waals surface area contributed by atoms with Crippen LogP contribution in [0.25, 0.3) is 0 Å². The molecule has 1 heterocycles. The van der Waals surface area contributed by atoms with Gasteiger partial charge in [0.05, 0.1) is 6.04 Å². The molecule has 1 aliphatic rings. The predicted molar refractivity (Wildman–Crippen MR) is 101 cm³/mol. The minimum atomic E-state index is -0.396. The van der Waals surface area contributed by atoms with E-state index in [9.17, 15) is 14.4 Å². The molecular weight excluding hydrogens is 330 g/mol. The Hall–Kier alpha value is -2.05. The molecule has 1 aromatic rings. The molecule has 6 nitrogen and oxygen atoms in total. The van der Waals surface area contributed by atoms with E-state index >= 15 is 0 Å². The van der Waals surface area contributed by atoms with Crippen LogP contribution in [-0.2, 0) is 16.1 Å². The molecule has 0 aliphatic carbocycles. The Balaban J connectivity index is 2.20. The molecular formula is C20H29N3O3. The third-order valence-electron chi connectivity index (χ3n) is 5.16. The van der Waals surface area contributed by atoms with Crippen LogP contribution in [0, 0.1) is 0 Å². The van der Waals surface area contributed by atoms with Crippen molar-refractivity contribution in [2.75, 3.05) is 27.2 Å². The number of benzene rings is 1. The van der Waals surface area contributed by atoms with Crippen molar-refractivity contribution < 1.29 is 14.4 Å². The van der Waals surface area contributed by atoms with Crippen LogP contribution in [0.2, 0.25) is 0 Å².